The Labute approximate surface area is 158 Å². The minimum atomic E-state index is -0.859. The van der Waals surface area contributed by atoms with Crippen LogP contribution in [0.2, 0.25) is 0 Å². The van der Waals surface area contributed by atoms with E-state index in [1.54, 1.807) is 0 Å². The van der Waals surface area contributed by atoms with Crippen molar-refractivity contribution < 1.29 is 14.7 Å². The molecule has 0 unspecified atom stereocenters. The van der Waals surface area contributed by atoms with E-state index in [2.05, 4.69) is 10.3 Å². The number of carboxylic acid groups (broad SMARTS) is 1. The molecular weight excluding hydrogens is 346 g/mol. The second-order valence-electron chi connectivity index (χ2n) is 8.31. The SMILES string of the molecule is O=C(O)N1CCC(Nc2ncc3c(n2)N(C2CCCC2)C(=O)C32CC2)CC1. The number of anilines is 2. The number of carbonyl (C=O) groups is 2. The molecule has 4 aliphatic rings. The van der Waals surface area contributed by atoms with Gasteiger partial charge in [-0.1, -0.05) is 12.8 Å². The predicted octanol–water partition coefficient (Wildman–Crippen LogP) is 2.35. The molecule has 144 valence electrons. The zero-order valence-electron chi connectivity index (χ0n) is 15.4. The monoisotopic (exact) mass is 371 g/mol. The van der Waals surface area contributed by atoms with Gasteiger partial charge in [-0.2, -0.15) is 4.98 Å². The largest absolute Gasteiger partial charge is 0.465 e. The number of likely N-dealkylation sites (tertiary alicyclic amines) is 1. The maximum atomic E-state index is 13.1. The summed E-state index contributed by atoms with van der Waals surface area (Å²) in [5.41, 5.74) is 0.661. The van der Waals surface area contributed by atoms with Crippen molar-refractivity contribution in [2.45, 2.75) is 68.9 Å². The fourth-order valence-corrected chi connectivity index (χ4v) is 4.91. The Kier molecular flexibility index (Phi) is 3.77. The number of amides is 2. The van der Waals surface area contributed by atoms with Gasteiger partial charge in [-0.15, -0.1) is 0 Å². The summed E-state index contributed by atoms with van der Waals surface area (Å²) in [5.74, 6) is 1.59. The van der Waals surface area contributed by atoms with Crippen LogP contribution in [0.15, 0.2) is 6.20 Å². The number of nitrogens with zero attached hydrogens (tertiary/aromatic N) is 4. The average Bonchev–Trinajstić information content (AvgIpc) is 3.23. The lowest BCUT2D eigenvalue weighted by molar-refractivity contribution is -0.120. The minimum absolute atomic E-state index is 0.158. The van der Waals surface area contributed by atoms with Gasteiger partial charge in [0.05, 0.1) is 5.41 Å². The number of hydrogen-bond donors (Lipinski definition) is 2. The highest BCUT2D eigenvalue weighted by atomic mass is 16.4. The third-order valence-corrected chi connectivity index (χ3v) is 6.68. The van der Waals surface area contributed by atoms with Gasteiger partial charge in [0, 0.05) is 36.9 Å². The Hall–Kier alpha value is -2.38. The minimum Gasteiger partial charge on any atom is -0.465 e. The number of nitrogens with one attached hydrogen (secondary N) is 1. The molecule has 8 heteroatoms. The van der Waals surface area contributed by atoms with Gasteiger partial charge in [-0.3, -0.25) is 9.69 Å². The maximum Gasteiger partial charge on any atom is 0.407 e. The second-order valence-corrected chi connectivity index (χ2v) is 8.31. The fourth-order valence-electron chi connectivity index (χ4n) is 4.91. The first-order valence-corrected chi connectivity index (χ1v) is 10.0. The molecule has 3 fully saturated rings. The first-order chi connectivity index (χ1) is 13.1. The highest BCUT2D eigenvalue weighted by Crippen LogP contribution is 2.57. The number of fused-ring (bicyclic) bond motifs is 2. The van der Waals surface area contributed by atoms with E-state index in [1.165, 1.54) is 17.7 Å². The molecule has 2 aliphatic heterocycles. The lowest BCUT2D eigenvalue weighted by Crippen LogP contribution is -2.42. The molecule has 2 amide bonds. The Morgan fingerprint density at radius 3 is 2.52 bits per heavy atom. The van der Waals surface area contributed by atoms with Gasteiger partial charge in [0.1, 0.15) is 5.82 Å². The smallest absolute Gasteiger partial charge is 0.407 e. The van der Waals surface area contributed by atoms with Crippen molar-refractivity contribution in [3.63, 3.8) is 0 Å². The van der Waals surface area contributed by atoms with Crippen molar-refractivity contribution in [3.05, 3.63) is 11.8 Å². The topological polar surface area (TPSA) is 98.7 Å². The van der Waals surface area contributed by atoms with Gasteiger partial charge in [-0.25, -0.2) is 9.78 Å². The highest BCUT2D eigenvalue weighted by Gasteiger charge is 2.61. The summed E-state index contributed by atoms with van der Waals surface area (Å²) in [6.07, 6.45) is 8.74. The zero-order chi connectivity index (χ0) is 18.6. The van der Waals surface area contributed by atoms with Gasteiger partial charge >= 0.3 is 6.09 Å². The van der Waals surface area contributed by atoms with E-state index >= 15 is 0 Å². The van der Waals surface area contributed by atoms with Crippen LogP contribution in [0, 0.1) is 0 Å². The summed E-state index contributed by atoms with van der Waals surface area (Å²) in [4.78, 5) is 36.8. The van der Waals surface area contributed by atoms with Crippen molar-refractivity contribution in [3.8, 4) is 0 Å². The van der Waals surface area contributed by atoms with E-state index in [-0.39, 0.29) is 23.4 Å². The van der Waals surface area contributed by atoms with Gasteiger partial charge in [0.2, 0.25) is 11.9 Å². The van der Waals surface area contributed by atoms with Gasteiger partial charge in [0.25, 0.3) is 0 Å². The van der Waals surface area contributed by atoms with E-state index in [0.29, 0.717) is 19.0 Å². The van der Waals surface area contributed by atoms with Crippen LogP contribution in [0.4, 0.5) is 16.6 Å². The predicted molar refractivity (Wildman–Crippen MR) is 98.9 cm³/mol. The van der Waals surface area contributed by atoms with Crippen LogP contribution in [0.25, 0.3) is 0 Å². The molecule has 0 atom stereocenters. The van der Waals surface area contributed by atoms with E-state index < -0.39 is 6.09 Å². The van der Waals surface area contributed by atoms with Gasteiger partial charge in [0.15, 0.2) is 0 Å². The fraction of sp³-hybridized carbons (Fsp3) is 0.684. The number of piperidine rings is 1. The van der Waals surface area contributed by atoms with E-state index in [9.17, 15) is 9.59 Å². The molecular formula is C19H25N5O3. The van der Waals surface area contributed by atoms with Crippen molar-refractivity contribution in [1.29, 1.82) is 0 Å². The van der Waals surface area contributed by atoms with E-state index in [0.717, 1.165) is 49.9 Å². The molecule has 5 rings (SSSR count). The summed E-state index contributed by atoms with van der Waals surface area (Å²) >= 11 is 0. The van der Waals surface area contributed by atoms with E-state index in [4.69, 9.17) is 10.1 Å². The van der Waals surface area contributed by atoms with Crippen molar-refractivity contribution in [2.24, 2.45) is 0 Å². The maximum absolute atomic E-state index is 13.1. The molecule has 1 spiro atoms. The molecule has 27 heavy (non-hydrogen) atoms. The van der Waals surface area contributed by atoms with Crippen LogP contribution in [-0.4, -0.2) is 57.1 Å². The zero-order valence-corrected chi connectivity index (χ0v) is 15.4. The molecule has 3 heterocycles. The quantitative estimate of drug-likeness (QED) is 0.846. The Balaban J connectivity index is 1.36. The standard InChI is InChI=1S/C19H25N5O3/c25-16-19(7-8-19)14-11-20-17(21-12-5-9-23(10-6-12)18(26)27)22-15(14)24(16)13-3-1-2-4-13/h11-13H,1-10H2,(H,26,27)(H,20,21,22). The van der Waals surface area contributed by atoms with E-state index in [1.807, 2.05) is 11.1 Å². The van der Waals surface area contributed by atoms with Crippen LogP contribution < -0.4 is 10.2 Å². The molecule has 8 nitrogen and oxygen atoms in total. The van der Waals surface area contributed by atoms with Crippen molar-refractivity contribution in [2.75, 3.05) is 23.3 Å². The van der Waals surface area contributed by atoms with Crippen LogP contribution in [0.5, 0.6) is 0 Å². The summed E-state index contributed by atoms with van der Waals surface area (Å²) in [5, 5.41) is 12.4. The Bertz CT molecular complexity index is 780. The van der Waals surface area contributed by atoms with Crippen LogP contribution >= 0.6 is 0 Å². The summed E-state index contributed by atoms with van der Waals surface area (Å²) in [6, 6.07) is 0.434. The average molecular weight is 371 g/mol. The lowest BCUT2D eigenvalue weighted by Gasteiger charge is -2.30. The van der Waals surface area contributed by atoms with Crippen LogP contribution in [0.1, 0.15) is 56.9 Å². The molecule has 2 saturated carbocycles. The molecule has 2 aliphatic carbocycles. The molecule has 0 radical (unpaired) electrons. The summed E-state index contributed by atoms with van der Waals surface area (Å²) in [7, 11) is 0. The molecule has 1 aromatic heterocycles. The Morgan fingerprint density at radius 2 is 1.89 bits per heavy atom. The first-order valence-electron chi connectivity index (χ1n) is 10.0. The summed E-state index contributed by atoms with van der Waals surface area (Å²) < 4.78 is 0. The molecule has 2 N–H and O–H groups in total. The Morgan fingerprint density at radius 1 is 1.19 bits per heavy atom. The third kappa shape index (κ3) is 2.64. The van der Waals surface area contributed by atoms with Crippen molar-refractivity contribution in [1.82, 2.24) is 14.9 Å². The van der Waals surface area contributed by atoms with Gasteiger partial charge in [-0.05, 0) is 38.5 Å². The molecule has 0 aromatic carbocycles. The number of aromatic nitrogens is 2. The molecule has 1 aromatic rings. The first kappa shape index (κ1) is 16.8. The normalized spacial score (nSPS) is 24.5. The molecule has 1 saturated heterocycles. The second kappa shape index (κ2) is 6.07. The van der Waals surface area contributed by atoms with Crippen molar-refractivity contribution >= 4 is 23.8 Å². The number of rotatable bonds is 3. The van der Waals surface area contributed by atoms with Crippen LogP contribution in [-0.2, 0) is 10.2 Å². The third-order valence-electron chi connectivity index (χ3n) is 6.68. The molecule has 0 bridgehead atoms. The van der Waals surface area contributed by atoms with Crippen LogP contribution in [0.3, 0.4) is 0 Å². The highest BCUT2D eigenvalue weighted by molar-refractivity contribution is 6.09. The van der Waals surface area contributed by atoms with Gasteiger partial charge < -0.3 is 15.3 Å². The number of hydrogen-bond acceptors (Lipinski definition) is 5. The summed E-state index contributed by atoms with van der Waals surface area (Å²) in [6.45, 7) is 1.04. The lowest BCUT2D eigenvalue weighted by atomic mass is 10.0. The number of carbonyl (C=O) groups excluding carboxylic acids is 1.